The van der Waals surface area contributed by atoms with Gasteiger partial charge in [-0.05, 0) is 70.5 Å². The summed E-state index contributed by atoms with van der Waals surface area (Å²) in [5.41, 5.74) is 1.66. The molecule has 0 aromatic carbocycles. The van der Waals surface area contributed by atoms with Crippen LogP contribution < -0.4 is 10.6 Å². The minimum Gasteiger partial charge on any atom is -0.310 e. The molecule has 0 saturated carbocycles. The summed E-state index contributed by atoms with van der Waals surface area (Å²) in [6.07, 6.45) is 10.6. The Morgan fingerprint density at radius 1 is 1.25 bits per heavy atom. The Labute approximate surface area is 151 Å². The third-order valence-corrected chi connectivity index (χ3v) is 5.06. The van der Waals surface area contributed by atoms with Crippen LogP contribution in [-0.4, -0.2) is 43.8 Å². The Kier molecular flexibility index (Phi) is 10.9. The highest BCUT2D eigenvalue weighted by molar-refractivity contribution is 5.13. The molecule has 1 aliphatic rings. The molecule has 0 amide bonds. The van der Waals surface area contributed by atoms with E-state index in [1.54, 1.807) is 5.57 Å². The normalized spacial score (nSPS) is 22.5. The van der Waals surface area contributed by atoms with Gasteiger partial charge < -0.3 is 10.6 Å². The maximum Gasteiger partial charge on any atom is 0.0591 e. The van der Waals surface area contributed by atoms with Crippen LogP contribution in [0.2, 0.25) is 0 Å². The Morgan fingerprint density at radius 2 is 2.00 bits per heavy atom. The molecule has 1 heterocycles. The quantitative estimate of drug-likeness (QED) is 0.351. The summed E-state index contributed by atoms with van der Waals surface area (Å²) in [6, 6.07) is 0.598. The molecule has 2 atom stereocenters. The van der Waals surface area contributed by atoms with Gasteiger partial charge in [0.1, 0.15) is 0 Å². The first-order chi connectivity index (χ1) is 11.5. The minimum atomic E-state index is 0.517. The molecule has 24 heavy (non-hydrogen) atoms. The van der Waals surface area contributed by atoms with Crippen molar-refractivity contribution in [2.45, 2.75) is 85.4 Å². The van der Waals surface area contributed by atoms with Gasteiger partial charge in [0.05, 0.1) is 6.17 Å². The van der Waals surface area contributed by atoms with Crippen LogP contribution in [-0.2, 0) is 0 Å². The molecule has 1 fully saturated rings. The van der Waals surface area contributed by atoms with E-state index in [4.69, 9.17) is 0 Å². The molecule has 0 bridgehead atoms. The first-order valence-corrected chi connectivity index (χ1v) is 10.3. The van der Waals surface area contributed by atoms with Crippen LogP contribution in [0, 0.1) is 11.8 Å². The molecule has 0 aromatic heterocycles. The Morgan fingerprint density at radius 3 is 2.62 bits per heavy atom. The van der Waals surface area contributed by atoms with Crippen LogP contribution in [0.1, 0.15) is 73.1 Å². The molecule has 0 spiro atoms. The molecular weight excluding hydrogens is 294 g/mol. The molecule has 3 nitrogen and oxygen atoms in total. The molecule has 1 saturated heterocycles. The van der Waals surface area contributed by atoms with E-state index in [1.807, 2.05) is 0 Å². The molecule has 3 heteroatoms. The van der Waals surface area contributed by atoms with Gasteiger partial charge in [-0.1, -0.05) is 46.3 Å². The molecule has 0 aliphatic carbocycles. The van der Waals surface area contributed by atoms with Gasteiger partial charge in [-0.2, -0.15) is 0 Å². The van der Waals surface area contributed by atoms with Gasteiger partial charge in [0.2, 0.25) is 0 Å². The first kappa shape index (κ1) is 21.7. The van der Waals surface area contributed by atoms with Crippen molar-refractivity contribution < 1.29 is 0 Å². The predicted molar refractivity (Wildman–Crippen MR) is 107 cm³/mol. The van der Waals surface area contributed by atoms with Crippen molar-refractivity contribution >= 4 is 0 Å². The van der Waals surface area contributed by atoms with Crippen molar-refractivity contribution in [3.05, 3.63) is 11.6 Å². The zero-order valence-corrected chi connectivity index (χ0v) is 17.2. The van der Waals surface area contributed by atoms with E-state index < -0.39 is 0 Å². The van der Waals surface area contributed by atoms with E-state index in [1.165, 1.54) is 45.1 Å². The van der Waals surface area contributed by atoms with Crippen molar-refractivity contribution in [2.24, 2.45) is 11.8 Å². The molecule has 1 rings (SSSR count). The third kappa shape index (κ3) is 8.13. The monoisotopic (exact) mass is 337 g/mol. The molecule has 2 N–H and O–H groups in total. The average Bonchev–Trinajstić information content (AvgIpc) is 2.75. The maximum atomic E-state index is 3.74. The summed E-state index contributed by atoms with van der Waals surface area (Å²) >= 11 is 0. The Balaban J connectivity index is 2.37. The van der Waals surface area contributed by atoms with Crippen molar-refractivity contribution in [2.75, 3.05) is 26.7 Å². The molecular formula is C21H43N3. The van der Waals surface area contributed by atoms with Gasteiger partial charge in [-0.3, -0.25) is 4.90 Å². The lowest BCUT2D eigenvalue weighted by Gasteiger charge is -2.29. The Hall–Kier alpha value is -0.380. The number of rotatable bonds is 10. The summed E-state index contributed by atoms with van der Waals surface area (Å²) in [4.78, 5) is 2.47. The number of nitrogens with zero attached hydrogens (tertiary/aromatic N) is 1. The number of hydrogen-bond donors (Lipinski definition) is 2. The predicted octanol–water partition coefficient (Wildman–Crippen LogP) is 4.40. The fourth-order valence-corrected chi connectivity index (χ4v) is 3.86. The van der Waals surface area contributed by atoms with Crippen LogP contribution in [0.4, 0.5) is 0 Å². The highest BCUT2D eigenvalue weighted by Gasteiger charge is 2.19. The highest BCUT2D eigenvalue weighted by atomic mass is 15.2. The van der Waals surface area contributed by atoms with Crippen LogP contribution in [0.15, 0.2) is 11.6 Å². The standard InChI is InChI=1S/C21H43N3/c1-7-20(24(6)16-17(2)3)22-14-10-8-12-19-13-9-11-15-23-21(19)18(4)5/h12,17-18,20-23H,7-11,13-16H2,1-6H3/b19-12-/t20?,21-/m0/s1. The highest BCUT2D eigenvalue weighted by Crippen LogP contribution is 2.22. The largest absolute Gasteiger partial charge is 0.310 e. The van der Waals surface area contributed by atoms with Gasteiger partial charge in [0.15, 0.2) is 0 Å². The van der Waals surface area contributed by atoms with Crippen molar-refractivity contribution in [3.63, 3.8) is 0 Å². The van der Waals surface area contributed by atoms with Gasteiger partial charge in [-0.15, -0.1) is 0 Å². The van der Waals surface area contributed by atoms with E-state index in [-0.39, 0.29) is 0 Å². The average molecular weight is 338 g/mol. The van der Waals surface area contributed by atoms with Crippen LogP contribution in [0.25, 0.3) is 0 Å². The second-order valence-corrected chi connectivity index (χ2v) is 8.27. The van der Waals surface area contributed by atoms with E-state index in [0.29, 0.717) is 18.1 Å². The van der Waals surface area contributed by atoms with Gasteiger partial charge in [-0.25, -0.2) is 0 Å². The summed E-state index contributed by atoms with van der Waals surface area (Å²) in [7, 11) is 2.24. The number of nitrogens with one attached hydrogen (secondary N) is 2. The maximum absolute atomic E-state index is 3.74. The fourth-order valence-electron chi connectivity index (χ4n) is 3.86. The van der Waals surface area contributed by atoms with Crippen LogP contribution >= 0.6 is 0 Å². The van der Waals surface area contributed by atoms with Crippen LogP contribution in [0.3, 0.4) is 0 Å². The number of unbranched alkanes of at least 4 members (excludes halogenated alkanes) is 1. The van der Waals surface area contributed by atoms with E-state index in [0.717, 1.165) is 19.0 Å². The lowest BCUT2D eigenvalue weighted by Crippen LogP contribution is -2.44. The van der Waals surface area contributed by atoms with Crippen molar-refractivity contribution in [1.29, 1.82) is 0 Å². The molecule has 142 valence electrons. The fraction of sp³-hybridized carbons (Fsp3) is 0.905. The minimum absolute atomic E-state index is 0.517. The lowest BCUT2D eigenvalue weighted by molar-refractivity contribution is 0.179. The summed E-state index contributed by atoms with van der Waals surface area (Å²) < 4.78 is 0. The number of hydrogen-bond acceptors (Lipinski definition) is 3. The SMILES string of the molecule is CCC(NCCC/C=C1/CCCCN[C@H]1C(C)C)N(C)CC(C)C. The number of allylic oxidation sites excluding steroid dienone is 1. The first-order valence-electron chi connectivity index (χ1n) is 10.3. The smallest absolute Gasteiger partial charge is 0.0591 e. The summed E-state index contributed by atoms with van der Waals surface area (Å²) in [6.45, 7) is 15.0. The molecule has 1 unspecified atom stereocenters. The summed E-state index contributed by atoms with van der Waals surface area (Å²) in [5, 5.41) is 7.48. The second-order valence-electron chi connectivity index (χ2n) is 8.27. The zero-order chi connectivity index (χ0) is 17.9. The Bertz CT molecular complexity index is 349. The summed E-state index contributed by atoms with van der Waals surface area (Å²) in [5.74, 6) is 1.42. The molecule has 1 aliphatic heterocycles. The van der Waals surface area contributed by atoms with E-state index >= 15 is 0 Å². The molecule has 0 aromatic rings. The van der Waals surface area contributed by atoms with Crippen LogP contribution in [0.5, 0.6) is 0 Å². The van der Waals surface area contributed by atoms with Gasteiger partial charge >= 0.3 is 0 Å². The third-order valence-electron chi connectivity index (χ3n) is 5.06. The van der Waals surface area contributed by atoms with E-state index in [2.05, 4.69) is 63.3 Å². The van der Waals surface area contributed by atoms with Gasteiger partial charge in [0, 0.05) is 12.6 Å². The zero-order valence-electron chi connectivity index (χ0n) is 17.2. The van der Waals surface area contributed by atoms with Crippen molar-refractivity contribution in [1.82, 2.24) is 15.5 Å². The molecule has 0 radical (unpaired) electrons. The van der Waals surface area contributed by atoms with E-state index in [9.17, 15) is 0 Å². The second kappa shape index (κ2) is 12.1. The van der Waals surface area contributed by atoms with Crippen molar-refractivity contribution in [3.8, 4) is 0 Å². The topological polar surface area (TPSA) is 27.3 Å². The van der Waals surface area contributed by atoms with Gasteiger partial charge in [0.25, 0.3) is 0 Å². The lowest BCUT2D eigenvalue weighted by atomic mass is 9.92.